The number of nitrogens with zero attached hydrogens (tertiary/aromatic N) is 1. The highest BCUT2D eigenvalue weighted by Crippen LogP contribution is 1.91. The average Bonchev–Trinajstić information content (AvgIpc) is 1.93. The molecule has 4 heteroatoms. The van der Waals surface area contributed by atoms with Gasteiger partial charge in [0.2, 0.25) is 0 Å². The summed E-state index contributed by atoms with van der Waals surface area (Å²) in [5.41, 5.74) is 5.45. The zero-order valence-corrected chi connectivity index (χ0v) is 6.02. The topological polar surface area (TPSA) is 62.4 Å². The van der Waals surface area contributed by atoms with Gasteiger partial charge in [-0.15, -0.1) is 0 Å². The largest absolute Gasteiger partial charge is 0.370 e. The molecule has 1 aliphatic rings. The molecule has 4 N–H and O–H groups in total. The van der Waals surface area contributed by atoms with Crippen molar-refractivity contribution in [2.45, 2.75) is 13.0 Å². The predicted molar refractivity (Wildman–Crippen MR) is 41.4 cm³/mol. The average molecular weight is 140 g/mol. The van der Waals surface area contributed by atoms with Crippen molar-refractivity contribution >= 4 is 5.96 Å². The number of nitrogens with two attached hydrogens (primary N) is 1. The van der Waals surface area contributed by atoms with E-state index in [0.717, 1.165) is 6.54 Å². The Bertz CT molecular complexity index is 173. The molecule has 0 fully saturated rings. The van der Waals surface area contributed by atoms with E-state index in [1.54, 1.807) is 0 Å². The van der Waals surface area contributed by atoms with E-state index in [1.807, 2.05) is 6.92 Å². The molecule has 0 saturated heterocycles. The van der Waals surface area contributed by atoms with E-state index in [4.69, 9.17) is 5.73 Å². The van der Waals surface area contributed by atoms with Gasteiger partial charge in [-0.1, -0.05) is 6.58 Å². The highest BCUT2D eigenvalue weighted by molar-refractivity contribution is 5.79. The molecule has 4 nitrogen and oxygen atoms in total. The van der Waals surface area contributed by atoms with Crippen molar-refractivity contribution in [1.29, 1.82) is 0 Å². The van der Waals surface area contributed by atoms with Gasteiger partial charge in [0.05, 0.1) is 0 Å². The summed E-state index contributed by atoms with van der Waals surface area (Å²) in [5, 5.41) is 5.98. The van der Waals surface area contributed by atoms with Gasteiger partial charge in [-0.2, -0.15) is 4.99 Å². The molecule has 1 aliphatic heterocycles. The summed E-state index contributed by atoms with van der Waals surface area (Å²) in [6.07, 6.45) is 0. The van der Waals surface area contributed by atoms with Gasteiger partial charge in [0.25, 0.3) is 0 Å². The number of aliphatic imine (C=N–C) groups is 1. The number of hydrogen-bond acceptors (Lipinski definition) is 4. The van der Waals surface area contributed by atoms with E-state index in [1.165, 1.54) is 0 Å². The minimum Gasteiger partial charge on any atom is -0.370 e. The van der Waals surface area contributed by atoms with Gasteiger partial charge in [0.1, 0.15) is 5.82 Å². The first-order valence-corrected chi connectivity index (χ1v) is 3.22. The molecule has 0 aromatic carbocycles. The Labute approximate surface area is 60.2 Å². The van der Waals surface area contributed by atoms with Crippen LogP contribution >= 0.6 is 0 Å². The summed E-state index contributed by atoms with van der Waals surface area (Å²) in [7, 11) is 0. The van der Waals surface area contributed by atoms with Crippen LogP contribution in [0.25, 0.3) is 0 Å². The fourth-order valence-electron chi connectivity index (χ4n) is 0.792. The molecule has 0 aromatic rings. The molecule has 1 rings (SSSR count). The van der Waals surface area contributed by atoms with Crippen LogP contribution in [0.15, 0.2) is 17.4 Å². The Kier molecular flexibility index (Phi) is 1.80. The first-order valence-electron chi connectivity index (χ1n) is 3.22. The maximum Gasteiger partial charge on any atom is 0.195 e. The third kappa shape index (κ3) is 1.65. The van der Waals surface area contributed by atoms with Crippen LogP contribution < -0.4 is 16.4 Å². The Balaban J connectivity index is 2.64. The maximum absolute atomic E-state index is 5.45. The number of nitrogens with one attached hydrogen (secondary N) is 2. The molecule has 0 bridgehead atoms. The lowest BCUT2D eigenvalue weighted by molar-refractivity contribution is 0.627. The van der Waals surface area contributed by atoms with Crippen molar-refractivity contribution in [2.24, 2.45) is 10.7 Å². The van der Waals surface area contributed by atoms with Crippen molar-refractivity contribution in [2.75, 3.05) is 6.54 Å². The molecule has 10 heavy (non-hydrogen) atoms. The first-order chi connectivity index (χ1) is 4.68. The molecule has 0 saturated carbocycles. The van der Waals surface area contributed by atoms with Crippen LogP contribution in [-0.4, -0.2) is 18.5 Å². The van der Waals surface area contributed by atoms with Crippen molar-refractivity contribution in [3.8, 4) is 0 Å². The van der Waals surface area contributed by atoms with E-state index < -0.39 is 0 Å². The molecule has 0 radical (unpaired) electrons. The van der Waals surface area contributed by atoms with Gasteiger partial charge in [-0.05, 0) is 6.92 Å². The van der Waals surface area contributed by atoms with Crippen LogP contribution in [0.4, 0.5) is 0 Å². The number of rotatable bonds is 0. The number of guanidine groups is 1. The fraction of sp³-hybridized carbons (Fsp3) is 0.500. The quantitative estimate of drug-likeness (QED) is 0.419. The third-order valence-electron chi connectivity index (χ3n) is 1.26. The van der Waals surface area contributed by atoms with E-state index in [0.29, 0.717) is 17.8 Å². The summed E-state index contributed by atoms with van der Waals surface area (Å²) < 4.78 is 0. The van der Waals surface area contributed by atoms with Crippen molar-refractivity contribution < 1.29 is 0 Å². The van der Waals surface area contributed by atoms with E-state index in [9.17, 15) is 0 Å². The molecule has 0 amide bonds. The monoisotopic (exact) mass is 140 g/mol. The molecule has 1 unspecified atom stereocenters. The predicted octanol–water partition coefficient (Wildman–Crippen LogP) is -0.646. The lowest BCUT2D eigenvalue weighted by atomic mass is 10.3. The highest BCUT2D eigenvalue weighted by atomic mass is 15.2. The smallest absolute Gasteiger partial charge is 0.195 e. The van der Waals surface area contributed by atoms with E-state index in [-0.39, 0.29) is 0 Å². The normalized spacial score (nSPS) is 25.9. The molecule has 56 valence electrons. The Morgan fingerprint density at radius 1 is 1.80 bits per heavy atom. The van der Waals surface area contributed by atoms with Gasteiger partial charge in [0.15, 0.2) is 5.96 Å². The van der Waals surface area contributed by atoms with Crippen molar-refractivity contribution in [1.82, 2.24) is 10.6 Å². The molecular weight excluding hydrogens is 128 g/mol. The first kappa shape index (κ1) is 6.92. The molecule has 0 spiro atoms. The van der Waals surface area contributed by atoms with Gasteiger partial charge in [0, 0.05) is 12.6 Å². The zero-order valence-electron chi connectivity index (χ0n) is 6.02. The SMILES string of the molecule is C=C1N=C(N)NC(C)CN1. The third-order valence-corrected chi connectivity index (χ3v) is 1.26. The summed E-state index contributed by atoms with van der Waals surface area (Å²) in [6, 6.07) is 0.308. The molecule has 0 aromatic heterocycles. The Hall–Kier alpha value is -1.19. The fourth-order valence-corrected chi connectivity index (χ4v) is 0.792. The van der Waals surface area contributed by atoms with Crippen molar-refractivity contribution in [3.63, 3.8) is 0 Å². The second kappa shape index (κ2) is 2.60. The Morgan fingerprint density at radius 3 is 3.20 bits per heavy atom. The van der Waals surface area contributed by atoms with Gasteiger partial charge >= 0.3 is 0 Å². The van der Waals surface area contributed by atoms with Crippen LogP contribution in [0.1, 0.15) is 6.92 Å². The molecule has 1 heterocycles. The van der Waals surface area contributed by atoms with Gasteiger partial charge < -0.3 is 16.4 Å². The van der Waals surface area contributed by atoms with Crippen LogP contribution in [0.2, 0.25) is 0 Å². The zero-order chi connectivity index (χ0) is 7.56. The van der Waals surface area contributed by atoms with E-state index >= 15 is 0 Å². The summed E-state index contributed by atoms with van der Waals surface area (Å²) in [6.45, 7) is 6.47. The Morgan fingerprint density at radius 2 is 2.50 bits per heavy atom. The highest BCUT2D eigenvalue weighted by Gasteiger charge is 2.06. The number of hydrogen-bond donors (Lipinski definition) is 3. The standard InChI is InChI=1S/C6H12N4/c1-4-3-8-5(2)10-6(7)9-4/h4,8H,2-3H2,1H3,(H3,7,9,10). The summed E-state index contributed by atoms with van der Waals surface area (Å²) >= 11 is 0. The second-order valence-corrected chi connectivity index (χ2v) is 2.37. The molecular formula is C6H12N4. The van der Waals surface area contributed by atoms with Crippen LogP contribution in [0, 0.1) is 0 Å². The summed E-state index contributed by atoms with van der Waals surface area (Å²) in [4.78, 5) is 3.90. The minimum atomic E-state index is 0.308. The van der Waals surface area contributed by atoms with Crippen LogP contribution in [0.5, 0.6) is 0 Å². The summed E-state index contributed by atoms with van der Waals surface area (Å²) in [5.74, 6) is 1.05. The minimum absolute atomic E-state index is 0.308. The molecule has 1 atom stereocenters. The lowest BCUT2D eigenvalue weighted by Crippen LogP contribution is -2.40. The van der Waals surface area contributed by atoms with Gasteiger partial charge in [-0.3, -0.25) is 0 Å². The van der Waals surface area contributed by atoms with Gasteiger partial charge in [-0.25, -0.2) is 0 Å². The lowest BCUT2D eigenvalue weighted by Gasteiger charge is -2.09. The van der Waals surface area contributed by atoms with Crippen LogP contribution in [0.3, 0.4) is 0 Å². The second-order valence-electron chi connectivity index (χ2n) is 2.37. The van der Waals surface area contributed by atoms with E-state index in [2.05, 4.69) is 22.2 Å². The molecule has 0 aliphatic carbocycles. The van der Waals surface area contributed by atoms with Crippen molar-refractivity contribution in [3.05, 3.63) is 12.4 Å². The van der Waals surface area contributed by atoms with Crippen LogP contribution in [-0.2, 0) is 0 Å². The maximum atomic E-state index is 5.45.